The molecule has 6 heteroatoms. The molecule has 0 saturated carbocycles. The van der Waals surface area contributed by atoms with Gasteiger partial charge in [0, 0.05) is 10.9 Å². The van der Waals surface area contributed by atoms with Gasteiger partial charge in [-0.2, -0.15) is 0 Å². The first-order valence-electron chi connectivity index (χ1n) is 9.38. The Hall–Kier alpha value is -2.83. The third kappa shape index (κ3) is 4.52. The molecular formula is C22H26NO5+. The molecule has 0 aliphatic rings. The summed E-state index contributed by atoms with van der Waals surface area (Å²) in [5.74, 6) is 0.599. The van der Waals surface area contributed by atoms with Crippen LogP contribution in [0.4, 0.5) is 0 Å². The van der Waals surface area contributed by atoms with Crippen LogP contribution in [0.3, 0.4) is 0 Å². The van der Waals surface area contributed by atoms with Gasteiger partial charge in [-0.1, -0.05) is 30.3 Å². The number of ether oxygens (including phenoxy) is 2. The van der Waals surface area contributed by atoms with Crippen LogP contribution in [0.15, 0.2) is 52.9 Å². The van der Waals surface area contributed by atoms with Crippen molar-refractivity contribution in [2.45, 2.75) is 13.0 Å². The number of hydrogen-bond acceptors (Lipinski definition) is 5. The lowest BCUT2D eigenvalue weighted by atomic mass is 10.1. The number of carbonyl (C=O) groups is 1. The normalized spacial score (nSPS) is 12.3. The van der Waals surface area contributed by atoms with Gasteiger partial charge < -0.3 is 23.9 Å². The standard InChI is InChI=1S/C22H25NO5/c1-4-26-22(25)20-18-12-17(27-14-16(24)13-23(2)3)10-11-19(18)28-21(20)15-8-6-5-7-9-15/h5-12,16,24H,4,13-14H2,1-3H3/p+1/t16-/m0/s1. The van der Waals surface area contributed by atoms with Crippen LogP contribution in [-0.4, -0.2) is 51.0 Å². The van der Waals surface area contributed by atoms with Crippen LogP contribution in [0.2, 0.25) is 0 Å². The number of hydrogen-bond donors (Lipinski definition) is 2. The lowest BCUT2D eigenvalue weighted by Crippen LogP contribution is -3.07. The fourth-order valence-electron chi connectivity index (χ4n) is 3.09. The maximum Gasteiger partial charge on any atom is 0.342 e. The van der Waals surface area contributed by atoms with Crippen molar-refractivity contribution in [2.75, 3.05) is 33.9 Å². The molecule has 0 bridgehead atoms. The van der Waals surface area contributed by atoms with Gasteiger partial charge in [0.25, 0.3) is 0 Å². The number of benzene rings is 2. The predicted octanol–water partition coefficient (Wildman–Crippen LogP) is 2.16. The van der Waals surface area contributed by atoms with Crippen molar-refractivity contribution in [3.63, 3.8) is 0 Å². The van der Waals surface area contributed by atoms with E-state index in [1.165, 1.54) is 0 Å². The maximum atomic E-state index is 12.6. The number of aliphatic hydroxyl groups is 1. The Kier molecular flexibility index (Phi) is 6.34. The monoisotopic (exact) mass is 384 g/mol. The van der Waals surface area contributed by atoms with Gasteiger partial charge in [-0.3, -0.25) is 0 Å². The Bertz CT molecular complexity index is 933. The first-order valence-corrected chi connectivity index (χ1v) is 9.38. The van der Waals surface area contributed by atoms with Crippen molar-refractivity contribution in [3.8, 4) is 17.1 Å². The molecule has 3 aromatic rings. The Balaban J connectivity index is 1.97. The molecule has 148 valence electrons. The van der Waals surface area contributed by atoms with Crippen LogP contribution in [0.5, 0.6) is 5.75 Å². The van der Waals surface area contributed by atoms with E-state index in [0.29, 0.717) is 34.6 Å². The molecule has 0 radical (unpaired) electrons. The zero-order valence-electron chi connectivity index (χ0n) is 16.4. The van der Waals surface area contributed by atoms with Crippen LogP contribution in [-0.2, 0) is 4.74 Å². The van der Waals surface area contributed by atoms with Gasteiger partial charge >= 0.3 is 5.97 Å². The van der Waals surface area contributed by atoms with Crippen molar-refractivity contribution in [3.05, 3.63) is 54.1 Å². The van der Waals surface area contributed by atoms with Crippen LogP contribution in [0.1, 0.15) is 17.3 Å². The van der Waals surface area contributed by atoms with Crippen LogP contribution in [0, 0.1) is 0 Å². The van der Waals surface area contributed by atoms with Gasteiger partial charge in [0.2, 0.25) is 0 Å². The molecule has 0 aliphatic heterocycles. The lowest BCUT2D eigenvalue weighted by Gasteiger charge is -2.14. The molecule has 0 aliphatic carbocycles. The topological polar surface area (TPSA) is 73.3 Å². The summed E-state index contributed by atoms with van der Waals surface area (Å²) in [6.45, 7) is 2.80. The Labute approximate surface area is 164 Å². The first kappa shape index (κ1) is 19.9. The summed E-state index contributed by atoms with van der Waals surface area (Å²) >= 11 is 0. The predicted molar refractivity (Wildman–Crippen MR) is 107 cm³/mol. The minimum absolute atomic E-state index is 0.175. The number of nitrogens with one attached hydrogen (secondary N) is 1. The summed E-state index contributed by atoms with van der Waals surface area (Å²) in [5.41, 5.74) is 1.76. The molecule has 2 N–H and O–H groups in total. The fraction of sp³-hybridized carbons (Fsp3) is 0.318. The molecule has 2 aromatic carbocycles. The summed E-state index contributed by atoms with van der Waals surface area (Å²) in [6.07, 6.45) is -0.575. The first-order chi connectivity index (χ1) is 13.5. The number of likely N-dealkylation sites (N-methyl/N-ethyl adjacent to an activating group) is 1. The van der Waals surface area contributed by atoms with E-state index in [-0.39, 0.29) is 13.2 Å². The van der Waals surface area contributed by atoms with Gasteiger partial charge in [0.1, 0.15) is 41.9 Å². The van der Waals surface area contributed by atoms with E-state index in [1.807, 2.05) is 44.4 Å². The third-order valence-electron chi connectivity index (χ3n) is 4.26. The van der Waals surface area contributed by atoms with E-state index < -0.39 is 12.1 Å². The SMILES string of the molecule is CCOC(=O)c1c(-c2ccccc2)oc2ccc(OC[C@@H](O)C[NH+](C)C)cc12. The highest BCUT2D eigenvalue weighted by molar-refractivity contribution is 6.09. The second-order valence-corrected chi connectivity index (χ2v) is 6.93. The van der Waals surface area contributed by atoms with E-state index in [4.69, 9.17) is 13.9 Å². The zero-order chi connectivity index (χ0) is 20.1. The quantitative estimate of drug-likeness (QED) is 0.583. The second-order valence-electron chi connectivity index (χ2n) is 6.93. The molecule has 28 heavy (non-hydrogen) atoms. The van der Waals surface area contributed by atoms with Crippen LogP contribution in [0.25, 0.3) is 22.3 Å². The number of rotatable bonds is 8. The molecule has 0 spiro atoms. The van der Waals surface area contributed by atoms with Crippen molar-refractivity contribution >= 4 is 16.9 Å². The van der Waals surface area contributed by atoms with Gasteiger partial charge in [-0.05, 0) is 25.1 Å². The van der Waals surface area contributed by atoms with Gasteiger partial charge in [0.15, 0.2) is 0 Å². The smallest absolute Gasteiger partial charge is 0.342 e. The number of carbonyl (C=O) groups excluding carboxylic acids is 1. The third-order valence-corrected chi connectivity index (χ3v) is 4.26. The van der Waals surface area contributed by atoms with Crippen LogP contribution < -0.4 is 9.64 Å². The number of furan rings is 1. The van der Waals surface area contributed by atoms with Crippen LogP contribution >= 0.6 is 0 Å². The molecule has 1 atom stereocenters. The molecule has 0 amide bonds. The summed E-state index contributed by atoms with van der Waals surface area (Å²) in [7, 11) is 3.94. The van der Waals surface area contributed by atoms with Gasteiger partial charge in [-0.15, -0.1) is 0 Å². The van der Waals surface area contributed by atoms with E-state index in [2.05, 4.69) is 0 Å². The van der Waals surface area contributed by atoms with Gasteiger partial charge in [0.05, 0.1) is 20.7 Å². The zero-order valence-corrected chi connectivity index (χ0v) is 16.4. The molecular weight excluding hydrogens is 358 g/mol. The maximum absolute atomic E-state index is 12.6. The molecule has 6 nitrogen and oxygen atoms in total. The van der Waals surface area contributed by atoms with Crippen molar-refractivity contribution in [1.82, 2.24) is 0 Å². The highest BCUT2D eigenvalue weighted by Gasteiger charge is 2.23. The summed E-state index contributed by atoms with van der Waals surface area (Å²) in [5, 5.41) is 10.6. The molecule has 1 aromatic heterocycles. The largest absolute Gasteiger partial charge is 0.491 e. The molecule has 0 saturated heterocycles. The van der Waals surface area contributed by atoms with Gasteiger partial charge in [-0.25, -0.2) is 4.79 Å². The average molecular weight is 384 g/mol. The lowest BCUT2D eigenvalue weighted by molar-refractivity contribution is -0.861. The van der Waals surface area contributed by atoms with E-state index in [0.717, 1.165) is 10.5 Å². The highest BCUT2D eigenvalue weighted by Crippen LogP contribution is 2.36. The molecule has 0 fully saturated rings. The second kappa shape index (κ2) is 8.91. The summed E-state index contributed by atoms with van der Waals surface area (Å²) in [4.78, 5) is 13.8. The Morgan fingerprint density at radius 2 is 1.93 bits per heavy atom. The Morgan fingerprint density at radius 3 is 2.61 bits per heavy atom. The van der Waals surface area contributed by atoms with Crippen molar-refractivity contribution in [2.24, 2.45) is 0 Å². The number of esters is 1. The number of quaternary nitrogens is 1. The minimum atomic E-state index is -0.575. The summed E-state index contributed by atoms with van der Waals surface area (Å²) < 4.78 is 17.0. The fourth-order valence-corrected chi connectivity index (χ4v) is 3.09. The molecule has 3 rings (SSSR count). The summed E-state index contributed by atoms with van der Waals surface area (Å²) in [6, 6.07) is 14.7. The molecule has 1 heterocycles. The van der Waals surface area contributed by atoms with Crippen molar-refractivity contribution in [1.29, 1.82) is 0 Å². The minimum Gasteiger partial charge on any atom is -0.491 e. The van der Waals surface area contributed by atoms with E-state index >= 15 is 0 Å². The van der Waals surface area contributed by atoms with E-state index in [9.17, 15) is 9.90 Å². The average Bonchev–Trinajstić information content (AvgIpc) is 3.05. The number of fused-ring (bicyclic) bond motifs is 1. The molecule has 0 unspecified atom stereocenters. The Morgan fingerprint density at radius 1 is 1.18 bits per heavy atom. The van der Waals surface area contributed by atoms with Crippen molar-refractivity contribution < 1.29 is 28.7 Å². The van der Waals surface area contributed by atoms with E-state index in [1.54, 1.807) is 25.1 Å². The highest BCUT2D eigenvalue weighted by atomic mass is 16.5. The number of aliphatic hydroxyl groups excluding tert-OH is 1.